The summed E-state index contributed by atoms with van der Waals surface area (Å²) >= 11 is 0. The van der Waals surface area contributed by atoms with E-state index in [1.807, 2.05) is 24.0 Å². The first-order valence-electron chi connectivity index (χ1n) is 10.7. The summed E-state index contributed by atoms with van der Waals surface area (Å²) in [5.74, 6) is 0.248. The fourth-order valence-corrected chi connectivity index (χ4v) is 4.51. The highest BCUT2D eigenvalue weighted by molar-refractivity contribution is 5.79. The molecule has 0 unspecified atom stereocenters. The molecule has 1 saturated heterocycles. The summed E-state index contributed by atoms with van der Waals surface area (Å²) in [6.07, 6.45) is 6.14. The topological polar surface area (TPSA) is 42.4 Å². The number of benzene rings is 1. The third kappa shape index (κ3) is 5.02. The first-order valence-corrected chi connectivity index (χ1v) is 10.7. The zero-order valence-electron chi connectivity index (χ0n) is 17.1. The molecule has 1 saturated carbocycles. The minimum atomic E-state index is -0.223. The van der Waals surface area contributed by atoms with Crippen LogP contribution in [0.25, 0.3) is 0 Å². The van der Waals surface area contributed by atoms with Crippen molar-refractivity contribution in [1.82, 2.24) is 9.88 Å². The minimum absolute atomic E-state index is 0.182. The number of aryl methyl sites for hydroxylation is 1. The Balaban J connectivity index is 1.47. The summed E-state index contributed by atoms with van der Waals surface area (Å²) in [5, 5.41) is 0. The second-order valence-electron chi connectivity index (χ2n) is 8.32. The summed E-state index contributed by atoms with van der Waals surface area (Å²) in [4.78, 5) is 19.6. The zero-order valence-corrected chi connectivity index (χ0v) is 17.1. The average molecular weight is 397 g/mol. The monoisotopic (exact) mass is 396 g/mol. The molecule has 154 valence electrons. The molecule has 1 aliphatic heterocycles. The molecule has 1 aliphatic carbocycles. The normalized spacial score (nSPS) is 20.6. The molecule has 4 rings (SSSR count). The van der Waals surface area contributed by atoms with Gasteiger partial charge in [-0.05, 0) is 61.6 Å². The summed E-state index contributed by atoms with van der Waals surface area (Å²) in [6.45, 7) is 3.76. The van der Waals surface area contributed by atoms with Crippen LogP contribution in [-0.4, -0.2) is 35.5 Å². The fourth-order valence-electron chi connectivity index (χ4n) is 4.51. The average Bonchev–Trinajstić information content (AvgIpc) is 2.75. The molecule has 1 atom stereocenters. The number of ether oxygens (including phenoxy) is 1. The van der Waals surface area contributed by atoms with Gasteiger partial charge in [0.2, 0.25) is 5.91 Å². The van der Waals surface area contributed by atoms with Gasteiger partial charge in [0.05, 0.1) is 18.8 Å². The van der Waals surface area contributed by atoms with E-state index in [0.29, 0.717) is 26.1 Å². The molecule has 2 fully saturated rings. The van der Waals surface area contributed by atoms with Crippen LogP contribution in [0.4, 0.5) is 4.39 Å². The van der Waals surface area contributed by atoms with Crippen molar-refractivity contribution in [3.05, 3.63) is 64.7 Å². The van der Waals surface area contributed by atoms with E-state index in [0.717, 1.165) is 48.2 Å². The molecular weight excluding hydrogens is 367 g/mol. The van der Waals surface area contributed by atoms with E-state index in [1.165, 1.54) is 18.6 Å². The van der Waals surface area contributed by atoms with Crippen LogP contribution in [0.1, 0.15) is 60.7 Å². The second kappa shape index (κ2) is 9.04. The van der Waals surface area contributed by atoms with E-state index in [2.05, 4.69) is 12.1 Å². The third-order valence-electron chi connectivity index (χ3n) is 6.02. The second-order valence-corrected chi connectivity index (χ2v) is 8.32. The van der Waals surface area contributed by atoms with Crippen LogP contribution in [0.15, 0.2) is 36.4 Å². The predicted octanol–water partition coefficient (Wildman–Crippen LogP) is 4.60. The number of pyridine rings is 1. The predicted molar refractivity (Wildman–Crippen MR) is 110 cm³/mol. The van der Waals surface area contributed by atoms with Gasteiger partial charge in [0.25, 0.3) is 0 Å². The largest absolute Gasteiger partial charge is 0.368 e. The van der Waals surface area contributed by atoms with Gasteiger partial charge in [-0.2, -0.15) is 0 Å². The van der Waals surface area contributed by atoms with Crippen molar-refractivity contribution in [3.63, 3.8) is 0 Å². The number of hydrogen-bond donors (Lipinski definition) is 0. The Kier molecular flexibility index (Phi) is 6.24. The van der Waals surface area contributed by atoms with Gasteiger partial charge in [-0.3, -0.25) is 9.78 Å². The molecule has 2 aromatic rings. The number of carbonyl (C=O) groups excluding carboxylic acids is 1. The fraction of sp³-hybridized carbons (Fsp3) is 0.500. The van der Waals surface area contributed by atoms with Crippen LogP contribution in [-0.2, 0) is 16.0 Å². The molecule has 5 heteroatoms. The third-order valence-corrected chi connectivity index (χ3v) is 6.02. The number of nitrogens with zero attached hydrogens (tertiary/aromatic N) is 2. The first kappa shape index (κ1) is 20.0. The number of aromatic nitrogens is 1. The Morgan fingerprint density at radius 2 is 1.90 bits per heavy atom. The van der Waals surface area contributed by atoms with Crippen molar-refractivity contribution in [2.24, 2.45) is 5.92 Å². The van der Waals surface area contributed by atoms with Crippen LogP contribution in [0, 0.1) is 18.7 Å². The Morgan fingerprint density at radius 3 is 2.66 bits per heavy atom. The number of amides is 1. The smallest absolute Gasteiger partial charge is 0.225 e. The Labute approximate surface area is 172 Å². The van der Waals surface area contributed by atoms with Crippen molar-refractivity contribution in [2.45, 2.75) is 51.6 Å². The number of hydrogen-bond acceptors (Lipinski definition) is 3. The number of rotatable bonds is 4. The van der Waals surface area contributed by atoms with E-state index >= 15 is 0 Å². The Hall–Kier alpha value is -2.27. The van der Waals surface area contributed by atoms with E-state index in [-0.39, 0.29) is 23.7 Å². The van der Waals surface area contributed by atoms with Gasteiger partial charge in [0.15, 0.2) is 0 Å². The lowest BCUT2D eigenvalue weighted by atomic mass is 9.88. The van der Waals surface area contributed by atoms with E-state index in [4.69, 9.17) is 9.72 Å². The number of halogens is 1. The summed E-state index contributed by atoms with van der Waals surface area (Å²) in [7, 11) is 0. The maximum Gasteiger partial charge on any atom is 0.225 e. The molecule has 0 spiro atoms. The highest BCUT2D eigenvalue weighted by Gasteiger charge is 2.31. The summed E-state index contributed by atoms with van der Waals surface area (Å²) < 4.78 is 19.2. The van der Waals surface area contributed by atoms with Gasteiger partial charge in [0, 0.05) is 18.2 Å². The lowest BCUT2D eigenvalue weighted by Gasteiger charge is -2.36. The van der Waals surface area contributed by atoms with Gasteiger partial charge in [-0.25, -0.2) is 4.39 Å². The van der Waals surface area contributed by atoms with Gasteiger partial charge in [0.1, 0.15) is 11.9 Å². The van der Waals surface area contributed by atoms with Crippen molar-refractivity contribution in [3.8, 4) is 0 Å². The van der Waals surface area contributed by atoms with E-state index in [1.54, 1.807) is 0 Å². The molecule has 4 nitrogen and oxygen atoms in total. The summed E-state index contributed by atoms with van der Waals surface area (Å²) in [5.41, 5.74) is 3.99. The van der Waals surface area contributed by atoms with Crippen LogP contribution in [0.5, 0.6) is 0 Å². The maximum atomic E-state index is 13.2. The molecule has 1 aromatic heterocycles. The maximum absolute atomic E-state index is 13.2. The quantitative estimate of drug-likeness (QED) is 0.759. The van der Waals surface area contributed by atoms with E-state index in [9.17, 15) is 9.18 Å². The molecule has 2 heterocycles. The van der Waals surface area contributed by atoms with Gasteiger partial charge < -0.3 is 9.64 Å². The lowest BCUT2D eigenvalue weighted by molar-refractivity contribution is -0.144. The van der Waals surface area contributed by atoms with E-state index < -0.39 is 0 Å². The van der Waals surface area contributed by atoms with Gasteiger partial charge in [-0.15, -0.1) is 0 Å². The van der Waals surface area contributed by atoms with Gasteiger partial charge >= 0.3 is 0 Å². The van der Waals surface area contributed by atoms with Crippen molar-refractivity contribution in [2.75, 3.05) is 19.7 Å². The standard InChI is InChI=1S/C24H29FN2O2/c1-17-13-19(14-18-7-9-21(25)10-8-18)15-22(26-17)23-16-27(11-12-29-23)24(28)20-5-3-2-4-6-20/h7-10,13,15,20,23H,2-6,11-12,14,16H2,1H3/t23-/m0/s1. The number of carbonyl (C=O) groups is 1. The van der Waals surface area contributed by atoms with Crippen LogP contribution in [0.2, 0.25) is 0 Å². The molecule has 0 bridgehead atoms. The van der Waals surface area contributed by atoms with Crippen molar-refractivity contribution >= 4 is 5.91 Å². The van der Waals surface area contributed by atoms with Crippen LogP contribution in [0.3, 0.4) is 0 Å². The molecule has 0 N–H and O–H groups in total. The van der Waals surface area contributed by atoms with Crippen LogP contribution >= 0.6 is 0 Å². The van der Waals surface area contributed by atoms with Crippen molar-refractivity contribution < 1.29 is 13.9 Å². The zero-order chi connectivity index (χ0) is 20.2. The highest BCUT2D eigenvalue weighted by atomic mass is 19.1. The summed E-state index contributed by atoms with van der Waals surface area (Å²) in [6, 6.07) is 10.7. The SMILES string of the molecule is Cc1cc(Cc2ccc(F)cc2)cc([C@@H]2CN(C(=O)C3CCCCC3)CCO2)n1. The van der Waals surface area contributed by atoms with Crippen molar-refractivity contribution in [1.29, 1.82) is 0 Å². The first-order chi connectivity index (χ1) is 14.1. The van der Waals surface area contributed by atoms with Gasteiger partial charge in [-0.1, -0.05) is 31.4 Å². The highest BCUT2D eigenvalue weighted by Crippen LogP contribution is 2.29. The lowest BCUT2D eigenvalue weighted by Crippen LogP contribution is -2.45. The molecule has 2 aliphatic rings. The molecular formula is C24H29FN2O2. The van der Waals surface area contributed by atoms with Crippen LogP contribution < -0.4 is 0 Å². The Morgan fingerprint density at radius 1 is 1.14 bits per heavy atom. The molecule has 0 radical (unpaired) electrons. The minimum Gasteiger partial charge on any atom is -0.368 e. The molecule has 1 aromatic carbocycles. The Bertz CT molecular complexity index is 846. The molecule has 29 heavy (non-hydrogen) atoms. The molecule has 1 amide bonds. The number of morpholine rings is 1.